The quantitative estimate of drug-likeness (QED) is 0.792. The van der Waals surface area contributed by atoms with Gasteiger partial charge in [-0.15, -0.1) is 0 Å². The first-order valence-corrected chi connectivity index (χ1v) is 7.90. The van der Waals surface area contributed by atoms with E-state index in [1.54, 1.807) is 0 Å². The number of benzene rings is 1. The molecule has 3 nitrogen and oxygen atoms in total. The fourth-order valence-corrected chi connectivity index (χ4v) is 3.10. The van der Waals surface area contributed by atoms with E-state index in [-0.39, 0.29) is 0 Å². The number of rotatable bonds is 6. The zero-order chi connectivity index (χ0) is 14.5. The SMILES string of the molecule is CC(CNc1ccc(C(N)=S)c(Cl)c1)CN1CCCC1. The second kappa shape index (κ2) is 7.25. The number of nitrogens with zero attached hydrogens (tertiary/aromatic N) is 1. The van der Waals surface area contributed by atoms with Crippen LogP contribution in [0.1, 0.15) is 25.3 Å². The molecule has 1 aliphatic rings. The van der Waals surface area contributed by atoms with E-state index in [4.69, 9.17) is 29.6 Å². The number of likely N-dealkylation sites (tertiary alicyclic amines) is 1. The van der Waals surface area contributed by atoms with Crippen LogP contribution < -0.4 is 11.1 Å². The van der Waals surface area contributed by atoms with Gasteiger partial charge >= 0.3 is 0 Å². The van der Waals surface area contributed by atoms with Crippen LogP contribution in [0, 0.1) is 5.92 Å². The molecule has 0 aromatic heterocycles. The van der Waals surface area contributed by atoms with Gasteiger partial charge in [-0.1, -0.05) is 30.7 Å². The van der Waals surface area contributed by atoms with Crippen molar-refractivity contribution in [2.24, 2.45) is 11.7 Å². The van der Waals surface area contributed by atoms with Gasteiger partial charge in [-0.3, -0.25) is 0 Å². The van der Waals surface area contributed by atoms with Gasteiger partial charge in [0.1, 0.15) is 4.99 Å². The van der Waals surface area contributed by atoms with E-state index in [1.165, 1.54) is 25.9 Å². The summed E-state index contributed by atoms with van der Waals surface area (Å²) in [5.74, 6) is 0.613. The first-order valence-electron chi connectivity index (χ1n) is 7.12. The Bertz CT molecular complexity index is 472. The number of anilines is 1. The van der Waals surface area contributed by atoms with Crippen molar-refractivity contribution < 1.29 is 0 Å². The minimum atomic E-state index is 0.337. The van der Waals surface area contributed by atoms with Crippen molar-refractivity contribution in [3.8, 4) is 0 Å². The fourth-order valence-electron chi connectivity index (χ4n) is 2.59. The summed E-state index contributed by atoms with van der Waals surface area (Å²) in [7, 11) is 0. The summed E-state index contributed by atoms with van der Waals surface area (Å²) in [4.78, 5) is 2.87. The summed E-state index contributed by atoms with van der Waals surface area (Å²) in [5, 5.41) is 4.04. The Hall–Kier alpha value is -0.840. The maximum atomic E-state index is 6.16. The summed E-state index contributed by atoms with van der Waals surface area (Å²) >= 11 is 11.1. The Morgan fingerprint density at radius 2 is 2.15 bits per heavy atom. The average Bonchev–Trinajstić information content (AvgIpc) is 2.89. The van der Waals surface area contributed by atoms with E-state index in [1.807, 2.05) is 18.2 Å². The number of halogens is 1. The molecule has 1 aromatic carbocycles. The summed E-state index contributed by atoms with van der Waals surface area (Å²) in [5.41, 5.74) is 7.35. The van der Waals surface area contributed by atoms with Gasteiger partial charge in [0, 0.05) is 24.3 Å². The van der Waals surface area contributed by atoms with Crippen LogP contribution in [0.4, 0.5) is 5.69 Å². The van der Waals surface area contributed by atoms with Crippen LogP contribution in [-0.4, -0.2) is 36.1 Å². The van der Waals surface area contributed by atoms with E-state index < -0.39 is 0 Å². The smallest absolute Gasteiger partial charge is 0.105 e. The second-order valence-electron chi connectivity index (χ2n) is 5.55. The zero-order valence-electron chi connectivity index (χ0n) is 11.9. The van der Waals surface area contributed by atoms with Crippen molar-refractivity contribution in [2.75, 3.05) is 31.5 Å². The Balaban J connectivity index is 1.84. The fraction of sp³-hybridized carbons (Fsp3) is 0.533. The maximum absolute atomic E-state index is 6.16. The molecule has 0 amide bonds. The first-order chi connectivity index (χ1) is 9.56. The van der Waals surface area contributed by atoms with Crippen LogP contribution in [0.25, 0.3) is 0 Å². The van der Waals surface area contributed by atoms with Gasteiger partial charge in [0.05, 0.1) is 5.02 Å². The van der Waals surface area contributed by atoms with Gasteiger partial charge in [-0.05, 0) is 50.0 Å². The van der Waals surface area contributed by atoms with Gasteiger partial charge in [0.2, 0.25) is 0 Å². The molecule has 3 N–H and O–H groups in total. The number of hydrogen-bond donors (Lipinski definition) is 2. The van der Waals surface area contributed by atoms with E-state index in [0.29, 0.717) is 15.9 Å². The normalized spacial score (nSPS) is 17.1. The Kier molecular flexibility index (Phi) is 5.64. The molecular formula is C15H22ClN3S. The zero-order valence-corrected chi connectivity index (χ0v) is 13.4. The Labute approximate surface area is 131 Å². The van der Waals surface area contributed by atoms with Crippen molar-refractivity contribution >= 4 is 34.5 Å². The van der Waals surface area contributed by atoms with Gasteiger partial charge in [0.15, 0.2) is 0 Å². The molecule has 1 heterocycles. The number of nitrogens with two attached hydrogens (primary N) is 1. The van der Waals surface area contributed by atoms with Crippen molar-refractivity contribution in [2.45, 2.75) is 19.8 Å². The molecule has 0 radical (unpaired) electrons. The molecular weight excluding hydrogens is 290 g/mol. The molecule has 5 heteroatoms. The minimum Gasteiger partial charge on any atom is -0.389 e. The molecule has 2 rings (SSSR count). The molecule has 1 atom stereocenters. The summed E-state index contributed by atoms with van der Waals surface area (Å²) < 4.78 is 0. The second-order valence-corrected chi connectivity index (χ2v) is 6.40. The van der Waals surface area contributed by atoms with Crippen molar-refractivity contribution in [3.63, 3.8) is 0 Å². The highest BCUT2D eigenvalue weighted by Crippen LogP contribution is 2.21. The molecule has 0 saturated carbocycles. The summed E-state index contributed by atoms with van der Waals surface area (Å²) in [6.07, 6.45) is 2.69. The van der Waals surface area contributed by atoms with Gasteiger partial charge in [-0.25, -0.2) is 0 Å². The van der Waals surface area contributed by atoms with E-state index in [2.05, 4.69) is 17.1 Å². The number of nitrogens with one attached hydrogen (secondary N) is 1. The van der Waals surface area contributed by atoms with Crippen LogP contribution in [0.2, 0.25) is 5.02 Å². The number of thiocarbonyl (C=S) groups is 1. The van der Waals surface area contributed by atoms with Crippen LogP contribution in [0.15, 0.2) is 18.2 Å². The largest absolute Gasteiger partial charge is 0.389 e. The summed E-state index contributed by atoms with van der Waals surface area (Å²) in [6.45, 7) is 6.87. The highest BCUT2D eigenvalue weighted by Gasteiger charge is 2.14. The molecule has 1 aromatic rings. The predicted octanol–water partition coefficient (Wildman–Crippen LogP) is 3.12. The van der Waals surface area contributed by atoms with Gasteiger partial charge in [0.25, 0.3) is 0 Å². The molecule has 1 saturated heterocycles. The molecule has 1 aliphatic heterocycles. The van der Waals surface area contributed by atoms with Crippen LogP contribution in [-0.2, 0) is 0 Å². The van der Waals surface area contributed by atoms with Gasteiger partial charge in [-0.2, -0.15) is 0 Å². The molecule has 0 bridgehead atoms. The lowest BCUT2D eigenvalue weighted by molar-refractivity contribution is 0.294. The van der Waals surface area contributed by atoms with Crippen molar-refractivity contribution in [1.82, 2.24) is 4.90 Å². The van der Waals surface area contributed by atoms with Gasteiger partial charge < -0.3 is 16.0 Å². The highest BCUT2D eigenvalue weighted by molar-refractivity contribution is 7.80. The minimum absolute atomic E-state index is 0.337. The molecule has 20 heavy (non-hydrogen) atoms. The monoisotopic (exact) mass is 311 g/mol. The van der Waals surface area contributed by atoms with Crippen LogP contribution in [0.3, 0.4) is 0 Å². The topological polar surface area (TPSA) is 41.3 Å². The standard InChI is InChI=1S/C15H22ClN3S/c1-11(10-19-6-2-3-7-19)9-18-12-4-5-13(15(17)20)14(16)8-12/h4-5,8,11,18H,2-3,6-7,9-10H2,1H3,(H2,17,20). The summed E-state index contributed by atoms with van der Waals surface area (Å²) in [6, 6.07) is 5.74. The third-order valence-electron chi connectivity index (χ3n) is 3.66. The van der Waals surface area contributed by atoms with E-state index in [0.717, 1.165) is 24.3 Å². The van der Waals surface area contributed by atoms with Crippen LogP contribution >= 0.6 is 23.8 Å². The molecule has 1 fully saturated rings. The molecule has 0 aliphatic carbocycles. The molecule has 110 valence electrons. The Morgan fingerprint density at radius 1 is 1.45 bits per heavy atom. The third kappa shape index (κ3) is 4.33. The molecule has 0 spiro atoms. The van der Waals surface area contributed by atoms with Crippen LogP contribution in [0.5, 0.6) is 0 Å². The number of hydrogen-bond acceptors (Lipinski definition) is 3. The van der Waals surface area contributed by atoms with E-state index >= 15 is 0 Å². The lowest BCUT2D eigenvalue weighted by Gasteiger charge is -2.21. The third-order valence-corrected chi connectivity index (χ3v) is 4.19. The first kappa shape index (κ1) is 15.5. The lowest BCUT2D eigenvalue weighted by Crippen LogP contribution is -2.28. The van der Waals surface area contributed by atoms with Crippen molar-refractivity contribution in [1.29, 1.82) is 0 Å². The molecule has 1 unspecified atom stereocenters. The van der Waals surface area contributed by atoms with E-state index in [9.17, 15) is 0 Å². The highest BCUT2D eigenvalue weighted by atomic mass is 35.5. The lowest BCUT2D eigenvalue weighted by atomic mass is 10.1. The average molecular weight is 312 g/mol. The Morgan fingerprint density at radius 3 is 2.75 bits per heavy atom. The van der Waals surface area contributed by atoms with Crippen molar-refractivity contribution in [3.05, 3.63) is 28.8 Å². The predicted molar refractivity (Wildman–Crippen MR) is 90.7 cm³/mol. The maximum Gasteiger partial charge on any atom is 0.105 e.